The number of esters is 2. The molecule has 0 atom stereocenters. The molecular formula is C48H48BrCl4N9O11. The predicted molar refractivity (Wildman–Crippen MR) is 280 cm³/mol. The molecule has 2 aliphatic heterocycles. The normalized spacial score (nSPS) is 12.1. The van der Waals surface area contributed by atoms with Crippen molar-refractivity contribution in [2.24, 2.45) is 27.2 Å². The van der Waals surface area contributed by atoms with E-state index >= 15 is 0 Å². The van der Waals surface area contributed by atoms with E-state index in [-0.39, 0.29) is 47.1 Å². The van der Waals surface area contributed by atoms with Gasteiger partial charge in [-0.25, -0.2) is 4.79 Å². The van der Waals surface area contributed by atoms with Gasteiger partial charge in [0, 0.05) is 42.0 Å². The van der Waals surface area contributed by atoms with Crippen molar-refractivity contribution in [3.05, 3.63) is 127 Å². The summed E-state index contributed by atoms with van der Waals surface area (Å²) in [5.41, 5.74) is 19.6. The number of benzene rings is 4. The topological polar surface area (TPSA) is 317 Å². The van der Waals surface area contributed by atoms with E-state index in [0.29, 0.717) is 66.3 Å². The van der Waals surface area contributed by atoms with Gasteiger partial charge in [-0.05, 0) is 113 Å². The number of aliphatic carboxylic acids is 2. The van der Waals surface area contributed by atoms with Crippen LogP contribution in [0.3, 0.4) is 0 Å². The number of amides is 3. The number of nitrogens with zero attached hydrogens (tertiary/aromatic N) is 6. The lowest BCUT2D eigenvalue weighted by Gasteiger charge is -2.19. The SMILES string of the molecule is CC(C)(C)OC(=O)CBr.CC(C)(C)OC(=O)Cn1nc(C(N)=O)c2ccc(Cl)cc21.NC(=O)C1=NCc2cc(Cl)ccc21.NC(=O)c1nn(CC(=O)O)c2cc(Cl)ccc12.O=C(O)C1=NCc2cc(Cl)ccc21. The molecule has 3 amide bonds. The summed E-state index contributed by atoms with van der Waals surface area (Å²) in [6.45, 7) is 11.3. The Balaban J connectivity index is 0.000000203. The van der Waals surface area contributed by atoms with E-state index in [4.69, 9.17) is 83.3 Å². The van der Waals surface area contributed by atoms with Crippen molar-refractivity contribution in [2.45, 2.75) is 78.9 Å². The minimum atomic E-state index is -1.06. The molecule has 0 aliphatic carbocycles. The fourth-order valence-corrected chi connectivity index (χ4v) is 7.47. The zero-order chi connectivity index (χ0) is 54.7. The molecule has 6 aromatic rings. The Bertz CT molecular complexity index is 3120. The van der Waals surface area contributed by atoms with Gasteiger partial charge in [0.25, 0.3) is 17.7 Å². The molecule has 2 aromatic heterocycles. The van der Waals surface area contributed by atoms with Crippen LogP contribution in [-0.4, -0.2) is 99.3 Å². The molecule has 0 fully saturated rings. The van der Waals surface area contributed by atoms with Gasteiger partial charge in [0.2, 0.25) is 0 Å². The molecule has 0 bridgehead atoms. The molecule has 8 rings (SSSR count). The van der Waals surface area contributed by atoms with Crippen molar-refractivity contribution in [3.63, 3.8) is 0 Å². The maximum Gasteiger partial charge on any atom is 0.354 e. The molecule has 25 heteroatoms. The highest BCUT2D eigenvalue weighted by Gasteiger charge is 2.24. The van der Waals surface area contributed by atoms with Crippen molar-refractivity contribution < 1.29 is 53.2 Å². The second kappa shape index (κ2) is 25.2. The molecule has 2 aliphatic rings. The van der Waals surface area contributed by atoms with Gasteiger partial charge in [-0.3, -0.25) is 48.1 Å². The number of aliphatic imine (C=N–C) groups is 2. The van der Waals surface area contributed by atoms with E-state index in [1.165, 1.54) is 9.36 Å². The van der Waals surface area contributed by atoms with Crippen LogP contribution in [-0.2, 0) is 59.6 Å². The number of carbonyl (C=O) groups is 7. The van der Waals surface area contributed by atoms with Crippen LogP contribution in [0.2, 0.25) is 20.1 Å². The highest BCUT2D eigenvalue weighted by molar-refractivity contribution is 9.09. The summed E-state index contributed by atoms with van der Waals surface area (Å²) in [6.07, 6.45) is 0. The van der Waals surface area contributed by atoms with Crippen LogP contribution >= 0.6 is 62.3 Å². The standard InChI is InChI=1S/C14H16ClN3O3.C10H8ClN3O3.C9H7ClN2O.C9H6ClNO2.C6H11BrO2/c1-14(2,3)21-11(19)7-18-10-6-8(15)4-5-9(10)12(17-18)13(16)20;11-5-1-2-6-7(3-5)14(4-8(15)16)13-9(6)10(12)17;10-6-1-2-7-5(3-6)4-12-8(7)9(11)13;10-6-1-2-7-5(3-6)4-11-8(7)9(12)13;1-6(2,3)9-5(8)4-7/h4-6H,7H2,1-3H3,(H2,16,20);1-3H,4H2,(H2,12,17)(H,15,16);1-3H,4H2,(H2,11,13);1-3H,4H2,(H,12,13);4H2,1-3H3. The van der Waals surface area contributed by atoms with Gasteiger partial charge >= 0.3 is 23.9 Å². The molecule has 4 heterocycles. The monoisotopic (exact) mass is 1150 g/mol. The number of alkyl halides is 1. The smallest absolute Gasteiger partial charge is 0.354 e. The van der Waals surface area contributed by atoms with Gasteiger partial charge in [0.1, 0.15) is 35.3 Å². The van der Waals surface area contributed by atoms with E-state index in [0.717, 1.165) is 16.7 Å². The second-order valence-corrected chi connectivity index (χ2v) is 19.7. The summed E-state index contributed by atoms with van der Waals surface area (Å²) in [5.74, 6) is -4.58. The first kappa shape index (κ1) is 58.7. The molecule has 73 heavy (non-hydrogen) atoms. The summed E-state index contributed by atoms with van der Waals surface area (Å²) in [4.78, 5) is 85.2. The van der Waals surface area contributed by atoms with E-state index in [1.54, 1.807) is 93.6 Å². The highest BCUT2D eigenvalue weighted by atomic mass is 79.9. The fourth-order valence-electron chi connectivity index (χ4n) is 6.63. The molecule has 20 nitrogen and oxygen atoms in total. The Kier molecular flexibility index (Phi) is 20.2. The maximum atomic E-state index is 11.9. The lowest BCUT2D eigenvalue weighted by atomic mass is 10.1. The Morgan fingerprint density at radius 3 is 1.33 bits per heavy atom. The largest absolute Gasteiger partial charge is 0.480 e. The third-order valence-electron chi connectivity index (χ3n) is 9.30. The van der Waals surface area contributed by atoms with Crippen molar-refractivity contribution in [2.75, 3.05) is 5.33 Å². The third kappa shape index (κ3) is 17.1. The number of ether oxygens (including phenoxy) is 2. The van der Waals surface area contributed by atoms with Crippen LogP contribution in [0.25, 0.3) is 21.8 Å². The summed E-state index contributed by atoms with van der Waals surface area (Å²) < 4.78 is 12.7. The van der Waals surface area contributed by atoms with Crippen molar-refractivity contribution in [3.8, 4) is 0 Å². The third-order valence-corrected chi connectivity index (χ3v) is 10.7. The molecule has 0 saturated heterocycles. The van der Waals surface area contributed by atoms with Crippen molar-refractivity contribution >= 4 is 137 Å². The first-order chi connectivity index (χ1) is 34.0. The van der Waals surface area contributed by atoms with Crippen LogP contribution in [0.1, 0.15) is 84.8 Å². The number of carboxylic acid groups (broad SMARTS) is 2. The zero-order valence-corrected chi connectivity index (χ0v) is 44.4. The Labute approximate surface area is 445 Å². The van der Waals surface area contributed by atoms with E-state index < -0.39 is 41.2 Å². The number of hydrogen-bond acceptors (Lipinski definition) is 13. The Morgan fingerprint density at radius 1 is 0.575 bits per heavy atom. The van der Waals surface area contributed by atoms with Crippen LogP contribution in [0.4, 0.5) is 0 Å². The van der Waals surface area contributed by atoms with Gasteiger partial charge in [-0.2, -0.15) is 10.2 Å². The number of carboxylic acids is 2. The number of hydrogen-bond donors (Lipinski definition) is 5. The highest BCUT2D eigenvalue weighted by Crippen LogP contribution is 2.26. The van der Waals surface area contributed by atoms with Crippen LogP contribution in [0, 0.1) is 0 Å². The Hall–Kier alpha value is -6.91. The van der Waals surface area contributed by atoms with Crippen LogP contribution < -0.4 is 17.2 Å². The molecule has 0 unspecified atom stereocenters. The molecule has 8 N–H and O–H groups in total. The first-order valence-electron chi connectivity index (χ1n) is 21.3. The maximum absolute atomic E-state index is 11.9. The van der Waals surface area contributed by atoms with Crippen molar-refractivity contribution in [1.29, 1.82) is 0 Å². The van der Waals surface area contributed by atoms with E-state index in [9.17, 15) is 33.6 Å². The zero-order valence-electron chi connectivity index (χ0n) is 39.8. The summed E-state index contributed by atoms with van der Waals surface area (Å²) in [6, 6.07) is 20.0. The number of rotatable bonds is 9. The molecule has 0 spiro atoms. The molecule has 0 saturated carbocycles. The summed E-state index contributed by atoms with van der Waals surface area (Å²) in [5, 5.41) is 28.9. The van der Waals surface area contributed by atoms with Crippen LogP contribution in [0.5, 0.6) is 0 Å². The summed E-state index contributed by atoms with van der Waals surface area (Å²) >= 11 is 26.3. The van der Waals surface area contributed by atoms with Gasteiger partial charge < -0.3 is 36.9 Å². The average Bonchev–Trinajstić information content (AvgIpc) is 4.06. The predicted octanol–water partition coefficient (Wildman–Crippen LogP) is 7.58. The van der Waals surface area contributed by atoms with E-state index in [1.807, 2.05) is 20.8 Å². The quantitative estimate of drug-likeness (QED) is 0.0689. The summed E-state index contributed by atoms with van der Waals surface area (Å²) in [7, 11) is 0. The lowest BCUT2D eigenvalue weighted by Crippen LogP contribution is -2.27. The molecular weight excluding hydrogens is 1100 g/mol. The lowest BCUT2D eigenvalue weighted by molar-refractivity contribution is -0.156. The number of carbonyl (C=O) groups excluding carboxylic acids is 5. The van der Waals surface area contributed by atoms with Crippen LogP contribution in [0.15, 0.2) is 82.8 Å². The minimum Gasteiger partial charge on any atom is -0.480 e. The molecule has 386 valence electrons. The number of nitrogens with two attached hydrogens (primary N) is 3. The number of primary amides is 3. The van der Waals surface area contributed by atoms with Gasteiger partial charge in [0.05, 0.1) is 24.1 Å². The fraction of sp³-hybridized carbons (Fsp3) is 0.271. The minimum absolute atomic E-state index is 0.0397. The molecule has 0 radical (unpaired) electrons. The number of halogens is 5. The van der Waals surface area contributed by atoms with Crippen molar-refractivity contribution in [1.82, 2.24) is 19.6 Å². The van der Waals surface area contributed by atoms with Gasteiger partial charge in [0.15, 0.2) is 17.1 Å². The second-order valence-electron chi connectivity index (χ2n) is 17.4. The number of aromatic nitrogens is 4. The van der Waals surface area contributed by atoms with Gasteiger partial charge in [-0.15, -0.1) is 0 Å². The van der Waals surface area contributed by atoms with E-state index in [2.05, 4.69) is 36.1 Å². The number of fused-ring (bicyclic) bond motifs is 4. The van der Waals surface area contributed by atoms with Gasteiger partial charge in [-0.1, -0.05) is 74.5 Å². The first-order valence-corrected chi connectivity index (χ1v) is 23.9. The Morgan fingerprint density at radius 2 is 0.959 bits per heavy atom. The molecule has 4 aromatic carbocycles. The average molecular weight is 1150 g/mol.